The van der Waals surface area contributed by atoms with Gasteiger partial charge in [0.05, 0.1) is 17.4 Å². The summed E-state index contributed by atoms with van der Waals surface area (Å²) in [6, 6.07) is 12.8. The number of hydrogen-bond donors (Lipinski definition) is 0. The van der Waals surface area contributed by atoms with Gasteiger partial charge in [-0.1, -0.05) is 24.3 Å². The van der Waals surface area contributed by atoms with E-state index in [2.05, 4.69) is 52.4 Å². The molecule has 0 fully saturated rings. The fraction of sp³-hybridized carbons (Fsp3) is 0.250. The third-order valence-electron chi connectivity index (χ3n) is 4.03. The van der Waals surface area contributed by atoms with E-state index in [0.29, 0.717) is 5.92 Å². The smallest absolute Gasteiger partial charge is 0.117 e. The van der Waals surface area contributed by atoms with Crippen molar-refractivity contribution in [2.75, 3.05) is 13.6 Å². The Morgan fingerprint density at radius 3 is 3.05 bits per heavy atom. The van der Waals surface area contributed by atoms with Crippen LogP contribution < -0.4 is 0 Å². The van der Waals surface area contributed by atoms with E-state index < -0.39 is 0 Å². The Balaban J connectivity index is 1.84. The molecule has 0 amide bonds. The molecule has 3 heterocycles. The second kappa shape index (κ2) is 4.42. The SMILES string of the molecule is CN1Cc2ccccc2C(c2cc3ccnn3cn2)C1. The second-order valence-corrected chi connectivity index (χ2v) is 5.46. The molecular weight excluding hydrogens is 248 g/mol. The first kappa shape index (κ1) is 11.6. The predicted molar refractivity (Wildman–Crippen MR) is 77.6 cm³/mol. The summed E-state index contributed by atoms with van der Waals surface area (Å²) in [5, 5.41) is 4.21. The number of hydrogen-bond acceptors (Lipinski definition) is 3. The normalized spacial score (nSPS) is 19.1. The molecule has 0 aliphatic carbocycles. The zero-order chi connectivity index (χ0) is 13.5. The summed E-state index contributed by atoms with van der Waals surface area (Å²) in [6.45, 7) is 2.02. The summed E-state index contributed by atoms with van der Waals surface area (Å²) in [4.78, 5) is 6.97. The third-order valence-corrected chi connectivity index (χ3v) is 4.03. The topological polar surface area (TPSA) is 33.4 Å². The summed E-state index contributed by atoms with van der Waals surface area (Å²) in [6.07, 6.45) is 3.61. The summed E-state index contributed by atoms with van der Waals surface area (Å²) in [7, 11) is 2.17. The number of likely N-dealkylation sites (N-methyl/N-ethyl adjacent to an activating group) is 1. The minimum Gasteiger partial charge on any atom is -0.301 e. The van der Waals surface area contributed by atoms with Crippen molar-refractivity contribution in [3.05, 3.63) is 65.7 Å². The standard InChI is InChI=1S/C16H16N4/c1-19-9-12-4-2-3-5-14(12)15(10-19)16-8-13-6-7-18-20(13)11-17-16/h2-8,11,15H,9-10H2,1H3. The van der Waals surface area contributed by atoms with Gasteiger partial charge in [-0.2, -0.15) is 5.10 Å². The Morgan fingerprint density at radius 2 is 2.10 bits per heavy atom. The van der Waals surface area contributed by atoms with Crippen LogP contribution in [0.4, 0.5) is 0 Å². The molecule has 0 saturated carbocycles. The molecule has 0 saturated heterocycles. The van der Waals surface area contributed by atoms with E-state index in [4.69, 9.17) is 0 Å². The largest absolute Gasteiger partial charge is 0.301 e. The minimum atomic E-state index is 0.338. The zero-order valence-corrected chi connectivity index (χ0v) is 11.4. The molecule has 20 heavy (non-hydrogen) atoms. The highest BCUT2D eigenvalue weighted by atomic mass is 15.2. The van der Waals surface area contributed by atoms with Crippen molar-refractivity contribution in [2.24, 2.45) is 0 Å². The first-order valence-electron chi connectivity index (χ1n) is 6.87. The van der Waals surface area contributed by atoms with Crippen LogP contribution >= 0.6 is 0 Å². The molecule has 4 nitrogen and oxygen atoms in total. The number of aromatic nitrogens is 3. The first-order chi connectivity index (χ1) is 9.81. The lowest BCUT2D eigenvalue weighted by molar-refractivity contribution is 0.293. The number of nitrogens with zero attached hydrogens (tertiary/aromatic N) is 4. The Kier molecular flexibility index (Phi) is 2.57. The average molecular weight is 264 g/mol. The highest BCUT2D eigenvalue weighted by Crippen LogP contribution is 2.32. The van der Waals surface area contributed by atoms with Gasteiger partial charge in [0.1, 0.15) is 6.33 Å². The van der Waals surface area contributed by atoms with Crippen molar-refractivity contribution in [3.8, 4) is 0 Å². The van der Waals surface area contributed by atoms with Crippen molar-refractivity contribution in [2.45, 2.75) is 12.5 Å². The van der Waals surface area contributed by atoms with Crippen LogP contribution in [-0.2, 0) is 6.54 Å². The van der Waals surface area contributed by atoms with Crippen molar-refractivity contribution in [1.82, 2.24) is 19.5 Å². The van der Waals surface area contributed by atoms with E-state index in [0.717, 1.165) is 24.3 Å². The summed E-state index contributed by atoms with van der Waals surface area (Å²) in [5.74, 6) is 0.338. The Labute approximate surface area is 117 Å². The molecule has 2 aromatic heterocycles. The van der Waals surface area contributed by atoms with Crippen molar-refractivity contribution < 1.29 is 0 Å². The lowest BCUT2D eigenvalue weighted by Gasteiger charge is -2.31. The fourth-order valence-electron chi connectivity index (χ4n) is 3.07. The van der Waals surface area contributed by atoms with Crippen molar-refractivity contribution in [3.63, 3.8) is 0 Å². The van der Waals surface area contributed by atoms with E-state index >= 15 is 0 Å². The van der Waals surface area contributed by atoms with Crippen molar-refractivity contribution in [1.29, 1.82) is 0 Å². The molecule has 0 spiro atoms. The van der Waals surface area contributed by atoms with Crippen LogP contribution in [0.5, 0.6) is 0 Å². The molecule has 1 aromatic carbocycles. The van der Waals surface area contributed by atoms with Crippen LogP contribution in [0.25, 0.3) is 5.52 Å². The van der Waals surface area contributed by atoms with Gasteiger partial charge in [-0.25, -0.2) is 9.50 Å². The van der Waals surface area contributed by atoms with Crippen molar-refractivity contribution >= 4 is 5.52 Å². The fourth-order valence-corrected chi connectivity index (χ4v) is 3.07. The summed E-state index contributed by atoms with van der Waals surface area (Å²) in [5.41, 5.74) is 5.03. The number of benzene rings is 1. The van der Waals surface area contributed by atoms with Gasteiger partial charge >= 0.3 is 0 Å². The monoisotopic (exact) mass is 264 g/mol. The summed E-state index contributed by atoms with van der Waals surface area (Å²) >= 11 is 0. The van der Waals surface area contributed by atoms with Crippen LogP contribution in [0, 0.1) is 0 Å². The molecule has 0 bridgehead atoms. The van der Waals surface area contributed by atoms with Gasteiger partial charge in [-0.05, 0) is 30.3 Å². The minimum absolute atomic E-state index is 0.338. The van der Waals surface area contributed by atoms with E-state index in [9.17, 15) is 0 Å². The number of rotatable bonds is 1. The molecule has 4 heteroatoms. The molecule has 4 rings (SSSR count). The first-order valence-corrected chi connectivity index (χ1v) is 6.87. The highest BCUT2D eigenvalue weighted by Gasteiger charge is 2.25. The van der Waals surface area contributed by atoms with Crippen LogP contribution in [0.1, 0.15) is 22.7 Å². The van der Waals surface area contributed by atoms with Gasteiger partial charge in [0.25, 0.3) is 0 Å². The predicted octanol–water partition coefficient (Wildman–Crippen LogP) is 2.31. The quantitative estimate of drug-likeness (QED) is 0.676. The van der Waals surface area contributed by atoms with E-state index in [1.807, 2.05) is 23.1 Å². The Bertz CT molecular complexity index is 762. The van der Waals surface area contributed by atoms with E-state index in [-0.39, 0.29) is 0 Å². The lowest BCUT2D eigenvalue weighted by atomic mass is 9.87. The summed E-state index contributed by atoms with van der Waals surface area (Å²) < 4.78 is 1.81. The lowest BCUT2D eigenvalue weighted by Crippen LogP contribution is -2.31. The Morgan fingerprint density at radius 1 is 1.20 bits per heavy atom. The molecule has 1 atom stereocenters. The maximum absolute atomic E-state index is 4.61. The maximum Gasteiger partial charge on any atom is 0.117 e. The van der Waals surface area contributed by atoms with Gasteiger partial charge in [0.15, 0.2) is 0 Å². The van der Waals surface area contributed by atoms with Gasteiger partial charge in [-0.3, -0.25) is 0 Å². The molecule has 1 aliphatic rings. The van der Waals surface area contributed by atoms with Gasteiger partial charge in [0.2, 0.25) is 0 Å². The number of fused-ring (bicyclic) bond motifs is 2. The second-order valence-electron chi connectivity index (χ2n) is 5.46. The zero-order valence-electron chi connectivity index (χ0n) is 11.4. The molecule has 0 N–H and O–H groups in total. The van der Waals surface area contributed by atoms with Gasteiger partial charge < -0.3 is 4.90 Å². The van der Waals surface area contributed by atoms with Crippen LogP contribution in [0.15, 0.2) is 48.9 Å². The molecular formula is C16H16N4. The van der Waals surface area contributed by atoms with Gasteiger partial charge in [-0.15, -0.1) is 0 Å². The van der Waals surface area contributed by atoms with E-state index in [1.165, 1.54) is 11.1 Å². The van der Waals surface area contributed by atoms with Crippen LogP contribution in [0.2, 0.25) is 0 Å². The van der Waals surface area contributed by atoms with E-state index in [1.54, 1.807) is 0 Å². The molecule has 1 aliphatic heterocycles. The van der Waals surface area contributed by atoms with Gasteiger partial charge in [0, 0.05) is 19.0 Å². The third kappa shape index (κ3) is 1.80. The van der Waals surface area contributed by atoms with Crippen LogP contribution in [-0.4, -0.2) is 33.1 Å². The molecule has 1 unspecified atom stereocenters. The van der Waals surface area contributed by atoms with Crippen LogP contribution in [0.3, 0.4) is 0 Å². The Hall–Kier alpha value is -2.20. The molecule has 0 radical (unpaired) electrons. The highest BCUT2D eigenvalue weighted by molar-refractivity contribution is 5.48. The maximum atomic E-state index is 4.61. The average Bonchev–Trinajstić information content (AvgIpc) is 2.93. The molecule has 100 valence electrons. The molecule has 3 aromatic rings.